The lowest BCUT2D eigenvalue weighted by Crippen LogP contribution is -2.34. The molecule has 0 unspecified atom stereocenters. The van der Waals surface area contributed by atoms with Gasteiger partial charge in [-0.15, -0.1) is 11.3 Å². The third-order valence-corrected chi connectivity index (χ3v) is 4.71. The van der Waals surface area contributed by atoms with Crippen LogP contribution in [0.1, 0.15) is 30.0 Å². The quantitative estimate of drug-likeness (QED) is 0.869. The van der Waals surface area contributed by atoms with E-state index in [1.807, 2.05) is 25.8 Å². The van der Waals surface area contributed by atoms with Crippen LogP contribution in [0.5, 0.6) is 0 Å². The molecule has 1 aliphatic heterocycles. The van der Waals surface area contributed by atoms with E-state index in [1.54, 1.807) is 11.3 Å². The van der Waals surface area contributed by atoms with Crippen LogP contribution in [-0.4, -0.2) is 42.1 Å². The highest BCUT2D eigenvalue weighted by molar-refractivity contribution is 7.07. The zero-order valence-corrected chi connectivity index (χ0v) is 13.5. The molecule has 2 aromatic heterocycles. The first-order valence-electron chi connectivity index (χ1n) is 7.45. The molecule has 1 fully saturated rings. The second-order valence-electron chi connectivity index (χ2n) is 5.90. The maximum absolute atomic E-state index is 4.42. The van der Waals surface area contributed by atoms with Gasteiger partial charge in [0.1, 0.15) is 5.82 Å². The van der Waals surface area contributed by atoms with Crippen molar-refractivity contribution in [3.8, 4) is 0 Å². The van der Waals surface area contributed by atoms with Crippen LogP contribution < -0.4 is 4.90 Å². The zero-order valence-electron chi connectivity index (χ0n) is 12.7. The minimum absolute atomic E-state index is 0.610. The smallest absolute Gasteiger partial charge is 0.128 e. The number of nitrogens with zero attached hydrogens (tertiary/aromatic N) is 4. The SMILES string of the molecule is CN(C)c1cc([C@@H]2CCCN(Cc3cscn3)C2)ccn1. The molecule has 1 aliphatic rings. The largest absolute Gasteiger partial charge is 0.363 e. The van der Waals surface area contributed by atoms with Crippen molar-refractivity contribution in [2.24, 2.45) is 0 Å². The molecule has 0 spiro atoms. The Morgan fingerprint density at radius 2 is 2.29 bits per heavy atom. The molecule has 3 heterocycles. The molecule has 21 heavy (non-hydrogen) atoms. The maximum atomic E-state index is 4.42. The van der Waals surface area contributed by atoms with Crippen molar-refractivity contribution in [1.82, 2.24) is 14.9 Å². The number of piperidine rings is 1. The van der Waals surface area contributed by atoms with E-state index in [0.29, 0.717) is 5.92 Å². The molecule has 0 saturated carbocycles. The first-order valence-corrected chi connectivity index (χ1v) is 8.39. The Bertz CT molecular complexity index is 567. The minimum atomic E-state index is 0.610. The van der Waals surface area contributed by atoms with Crippen molar-refractivity contribution < 1.29 is 0 Å². The van der Waals surface area contributed by atoms with Crippen molar-refractivity contribution in [2.75, 3.05) is 32.1 Å². The highest BCUT2D eigenvalue weighted by atomic mass is 32.1. The predicted molar refractivity (Wildman–Crippen MR) is 87.9 cm³/mol. The normalized spacial score (nSPS) is 19.6. The van der Waals surface area contributed by atoms with Gasteiger partial charge in [0, 0.05) is 38.8 Å². The fourth-order valence-electron chi connectivity index (χ4n) is 2.95. The van der Waals surface area contributed by atoms with Crippen molar-refractivity contribution in [1.29, 1.82) is 0 Å². The van der Waals surface area contributed by atoms with Gasteiger partial charge in [0.2, 0.25) is 0 Å². The van der Waals surface area contributed by atoms with Gasteiger partial charge < -0.3 is 4.90 Å². The van der Waals surface area contributed by atoms with Crippen molar-refractivity contribution in [3.63, 3.8) is 0 Å². The van der Waals surface area contributed by atoms with E-state index in [-0.39, 0.29) is 0 Å². The lowest BCUT2D eigenvalue weighted by molar-refractivity contribution is 0.198. The molecule has 4 nitrogen and oxygen atoms in total. The van der Waals surface area contributed by atoms with E-state index < -0.39 is 0 Å². The molecule has 0 radical (unpaired) electrons. The van der Waals surface area contributed by atoms with E-state index >= 15 is 0 Å². The van der Waals surface area contributed by atoms with Crippen molar-refractivity contribution >= 4 is 17.2 Å². The molecule has 1 saturated heterocycles. The van der Waals surface area contributed by atoms with Gasteiger partial charge >= 0.3 is 0 Å². The van der Waals surface area contributed by atoms with Crippen molar-refractivity contribution in [3.05, 3.63) is 40.5 Å². The summed E-state index contributed by atoms with van der Waals surface area (Å²) in [4.78, 5) is 13.4. The standard InChI is InChI=1S/C16H22N4S/c1-19(2)16-8-13(5-6-17-16)14-4-3-7-20(9-14)10-15-11-21-12-18-15/h5-6,8,11-12,14H,3-4,7,9-10H2,1-2H3/t14-/m1/s1. The van der Waals surface area contributed by atoms with Gasteiger partial charge in [-0.05, 0) is 43.0 Å². The predicted octanol–water partition coefficient (Wildman–Crippen LogP) is 2.98. The topological polar surface area (TPSA) is 32.3 Å². The number of hydrogen-bond acceptors (Lipinski definition) is 5. The summed E-state index contributed by atoms with van der Waals surface area (Å²) >= 11 is 1.68. The molecule has 5 heteroatoms. The molecule has 0 amide bonds. The average molecular weight is 302 g/mol. The summed E-state index contributed by atoms with van der Waals surface area (Å²) in [5.74, 6) is 1.66. The minimum Gasteiger partial charge on any atom is -0.363 e. The summed E-state index contributed by atoms with van der Waals surface area (Å²) in [6.45, 7) is 3.28. The van der Waals surface area contributed by atoms with Gasteiger partial charge in [0.25, 0.3) is 0 Å². The summed E-state index contributed by atoms with van der Waals surface area (Å²) in [6, 6.07) is 4.40. The van der Waals surface area contributed by atoms with Crippen LogP contribution in [0.4, 0.5) is 5.82 Å². The van der Waals surface area contributed by atoms with Crippen LogP contribution in [0, 0.1) is 0 Å². The van der Waals surface area contributed by atoms with Gasteiger partial charge in [-0.2, -0.15) is 0 Å². The summed E-state index contributed by atoms with van der Waals surface area (Å²) in [5.41, 5.74) is 4.53. The highest BCUT2D eigenvalue weighted by Crippen LogP contribution is 2.28. The molecular formula is C16H22N4S. The maximum Gasteiger partial charge on any atom is 0.128 e. The lowest BCUT2D eigenvalue weighted by Gasteiger charge is -2.32. The first kappa shape index (κ1) is 14.5. The number of hydrogen-bond donors (Lipinski definition) is 0. The Balaban J connectivity index is 1.69. The molecule has 0 aliphatic carbocycles. The van der Waals surface area contributed by atoms with Crippen molar-refractivity contribution in [2.45, 2.75) is 25.3 Å². The summed E-state index contributed by atoms with van der Waals surface area (Å²) in [6.07, 6.45) is 4.46. The lowest BCUT2D eigenvalue weighted by atomic mass is 9.91. The highest BCUT2D eigenvalue weighted by Gasteiger charge is 2.22. The van der Waals surface area contributed by atoms with E-state index in [1.165, 1.54) is 30.6 Å². The number of thiazole rings is 1. The third-order valence-electron chi connectivity index (χ3n) is 4.07. The third kappa shape index (κ3) is 3.60. The molecule has 0 aromatic carbocycles. The van der Waals surface area contributed by atoms with Gasteiger partial charge in [-0.1, -0.05) is 0 Å². The molecule has 0 bridgehead atoms. The fourth-order valence-corrected chi connectivity index (χ4v) is 3.50. The molecule has 1 atom stereocenters. The summed E-state index contributed by atoms with van der Waals surface area (Å²) in [7, 11) is 4.09. The Morgan fingerprint density at radius 3 is 3.05 bits per heavy atom. The van der Waals surface area contributed by atoms with Gasteiger partial charge in [0.15, 0.2) is 0 Å². The molecule has 3 rings (SSSR count). The summed E-state index contributed by atoms with van der Waals surface area (Å²) < 4.78 is 0. The Labute approximate surface area is 130 Å². The monoisotopic (exact) mass is 302 g/mol. The van der Waals surface area contributed by atoms with Crippen LogP contribution in [0.3, 0.4) is 0 Å². The molecular weight excluding hydrogens is 280 g/mol. The second-order valence-corrected chi connectivity index (χ2v) is 6.61. The number of pyridine rings is 1. The van der Waals surface area contributed by atoms with Crippen LogP contribution in [0.15, 0.2) is 29.2 Å². The van der Waals surface area contributed by atoms with E-state index in [9.17, 15) is 0 Å². The average Bonchev–Trinajstić information content (AvgIpc) is 3.00. The van der Waals surface area contributed by atoms with Gasteiger partial charge in [-0.25, -0.2) is 9.97 Å². The number of rotatable bonds is 4. The Kier molecular flexibility index (Phi) is 4.51. The van der Waals surface area contributed by atoms with Crippen LogP contribution >= 0.6 is 11.3 Å². The molecule has 0 N–H and O–H groups in total. The van der Waals surface area contributed by atoms with Crippen LogP contribution in [-0.2, 0) is 6.54 Å². The number of anilines is 1. The molecule has 2 aromatic rings. The van der Waals surface area contributed by atoms with Gasteiger partial charge in [-0.3, -0.25) is 4.90 Å². The number of aromatic nitrogens is 2. The van der Waals surface area contributed by atoms with Crippen LogP contribution in [0.2, 0.25) is 0 Å². The molecule has 112 valence electrons. The Hall–Kier alpha value is -1.46. The number of likely N-dealkylation sites (tertiary alicyclic amines) is 1. The van der Waals surface area contributed by atoms with E-state index in [2.05, 4.69) is 37.3 Å². The summed E-state index contributed by atoms with van der Waals surface area (Å²) in [5, 5.41) is 2.15. The second kappa shape index (κ2) is 6.54. The van der Waals surface area contributed by atoms with E-state index in [0.717, 1.165) is 18.9 Å². The Morgan fingerprint density at radius 1 is 1.38 bits per heavy atom. The van der Waals surface area contributed by atoms with E-state index in [4.69, 9.17) is 0 Å². The first-order chi connectivity index (χ1) is 10.2. The fraction of sp³-hybridized carbons (Fsp3) is 0.500. The van der Waals surface area contributed by atoms with Crippen LogP contribution in [0.25, 0.3) is 0 Å². The zero-order chi connectivity index (χ0) is 14.7. The van der Waals surface area contributed by atoms with Gasteiger partial charge in [0.05, 0.1) is 11.2 Å².